The van der Waals surface area contributed by atoms with Gasteiger partial charge in [-0.2, -0.15) is 0 Å². The van der Waals surface area contributed by atoms with Crippen LogP contribution < -0.4 is 15.4 Å². The Labute approximate surface area is 187 Å². The van der Waals surface area contributed by atoms with Gasteiger partial charge in [-0.25, -0.2) is 4.79 Å². The smallest absolute Gasteiger partial charge is 0.339 e. The molecule has 30 heavy (non-hydrogen) atoms. The summed E-state index contributed by atoms with van der Waals surface area (Å²) < 4.78 is 10.8. The highest BCUT2D eigenvalue weighted by Crippen LogP contribution is 2.22. The molecule has 1 saturated heterocycles. The number of anilines is 1. The van der Waals surface area contributed by atoms with Crippen molar-refractivity contribution in [2.24, 2.45) is 0 Å². The molecule has 160 valence electrons. The lowest BCUT2D eigenvalue weighted by molar-refractivity contribution is 0.0601. The van der Waals surface area contributed by atoms with Gasteiger partial charge in [0.05, 0.1) is 17.7 Å². The summed E-state index contributed by atoms with van der Waals surface area (Å²) in [5.74, 6) is 0.399. The Morgan fingerprint density at radius 2 is 1.90 bits per heavy atom. The van der Waals surface area contributed by atoms with Crippen LogP contribution in [0.4, 0.5) is 5.69 Å². The van der Waals surface area contributed by atoms with Crippen molar-refractivity contribution in [3.63, 3.8) is 0 Å². The molecule has 0 unspecified atom stereocenters. The van der Waals surface area contributed by atoms with Crippen LogP contribution >= 0.6 is 23.8 Å². The van der Waals surface area contributed by atoms with Crippen molar-refractivity contribution in [3.8, 4) is 5.75 Å². The van der Waals surface area contributed by atoms with Crippen LogP contribution in [0, 0.1) is 0 Å². The molecule has 0 aliphatic carbocycles. The highest BCUT2D eigenvalue weighted by molar-refractivity contribution is 7.80. The predicted octanol–water partition coefficient (Wildman–Crippen LogP) is 4.09. The van der Waals surface area contributed by atoms with E-state index in [0.717, 1.165) is 37.2 Å². The molecule has 3 rings (SSSR count). The molecule has 6 nitrogen and oxygen atoms in total. The van der Waals surface area contributed by atoms with Gasteiger partial charge in [-0.3, -0.25) is 0 Å². The minimum absolute atomic E-state index is 0.284. The fourth-order valence-corrected chi connectivity index (χ4v) is 3.59. The van der Waals surface area contributed by atoms with Gasteiger partial charge in [0.15, 0.2) is 5.11 Å². The van der Waals surface area contributed by atoms with Gasteiger partial charge < -0.3 is 25.0 Å². The van der Waals surface area contributed by atoms with Crippen LogP contribution in [-0.2, 0) is 11.3 Å². The molecule has 2 aromatic carbocycles. The number of nitrogens with one attached hydrogen (secondary N) is 2. The van der Waals surface area contributed by atoms with E-state index in [-0.39, 0.29) is 11.7 Å². The lowest BCUT2D eigenvalue weighted by atomic mass is 10.1. The first kappa shape index (κ1) is 22.3. The molecule has 1 fully saturated rings. The Kier molecular flexibility index (Phi) is 7.90. The normalized spacial score (nSPS) is 14.8. The largest absolute Gasteiger partial charge is 0.490 e. The highest BCUT2D eigenvalue weighted by atomic mass is 35.5. The van der Waals surface area contributed by atoms with E-state index in [2.05, 4.69) is 22.6 Å². The first-order chi connectivity index (χ1) is 14.4. The van der Waals surface area contributed by atoms with Gasteiger partial charge in [0.25, 0.3) is 0 Å². The Morgan fingerprint density at radius 3 is 2.57 bits per heavy atom. The number of carbonyl (C=O) groups is 1. The Bertz CT molecular complexity index is 884. The van der Waals surface area contributed by atoms with Gasteiger partial charge in [0.1, 0.15) is 11.9 Å². The number of piperidine rings is 1. The maximum absolute atomic E-state index is 11.8. The van der Waals surface area contributed by atoms with Crippen molar-refractivity contribution >= 4 is 40.6 Å². The number of methoxy groups -OCH3 is 1. The maximum atomic E-state index is 11.8. The van der Waals surface area contributed by atoms with E-state index >= 15 is 0 Å². The molecule has 1 aliphatic heterocycles. The highest BCUT2D eigenvalue weighted by Gasteiger charge is 2.18. The fraction of sp³-hybridized carbons (Fsp3) is 0.364. The van der Waals surface area contributed by atoms with E-state index in [0.29, 0.717) is 22.4 Å². The number of ether oxygens (including phenoxy) is 2. The molecule has 2 aromatic rings. The van der Waals surface area contributed by atoms with Crippen molar-refractivity contribution in [2.75, 3.05) is 32.6 Å². The van der Waals surface area contributed by atoms with Gasteiger partial charge in [0, 0.05) is 25.3 Å². The van der Waals surface area contributed by atoms with E-state index < -0.39 is 5.97 Å². The number of hydrogen-bond acceptors (Lipinski definition) is 5. The molecule has 0 atom stereocenters. The average Bonchev–Trinajstić information content (AvgIpc) is 2.75. The number of nitrogens with zero attached hydrogens (tertiary/aromatic N) is 1. The number of likely N-dealkylation sites (tertiary alicyclic amines) is 1. The molecule has 0 saturated carbocycles. The van der Waals surface area contributed by atoms with Crippen LogP contribution in [-0.4, -0.2) is 49.3 Å². The van der Waals surface area contributed by atoms with E-state index in [9.17, 15) is 4.79 Å². The van der Waals surface area contributed by atoms with Crippen LogP contribution in [0.25, 0.3) is 0 Å². The predicted molar refractivity (Wildman–Crippen MR) is 123 cm³/mol. The first-order valence-corrected chi connectivity index (χ1v) is 10.6. The Hall–Kier alpha value is -2.35. The van der Waals surface area contributed by atoms with Crippen molar-refractivity contribution in [3.05, 3.63) is 58.6 Å². The number of esters is 1. The van der Waals surface area contributed by atoms with Crippen LogP contribution in [0.1, 0.15) is 28.8 Å². The zero-order valence-electron chi connectivity index (χ0n) is 17.1. The fourth-order valence-electron chi connectivity index (χ4n) is 3.21. The van der Waals surface area contributed by atoms with Gasteiger partial charge in [-0.1, -0.05) is 23.7 Å². The van der Waals surface area contributed by atoms with Crippen molar-refractivity contribution < 1.29 is 14.3 Å². The summed E-state index contributed by atoms with van der Waals surface area (Å²) >= 11 is 11.4. The van der Waals surface area contributed by atoms with Gasteiger partial charge in [-0.05, 0) is 68.0 Å². The van der Waals surface area contributed by atoms with Gasteiger partial charge in [-0.15, -0.1) is 0 Å². The average molecular weight is 448 g/mol. The van der Waals surface area contributed by atoms with Crippen LogP contribution in [0.5, 0.6) is 5.75 Å². The zero-order chi connectivity index (χ0) is 21.5. The Balaban J connectivity index is 1.48. The molecule has 0 spiro atoms. The monoisotopic (exact) mass is 447 g/mol. The summed E-state index contributed by atoms with van der Waals surface area (Å²) in [7, 11) is 3.46. The second-order valence-corrected chi connectivity index (χ2v) is 8.07. The number of thiocarbonyl (C=S) groups is 1. The van der Waals surface area contributed by atoms with Crippen molar-refractivity contribution in [1.29, 1.82) is 0 Å². The topological polar surface area (TPSA) is 62.8 Å². The van der Waals surface area contributed by atoms with Crippen LogP contribution in [0.2, 0.25) is 5.02 Å². The summed E-state index contributed by atoms with van der Waals surface area (Å²) in [6, 6.07) is 13.0. The molecule has 2 N–H and O–H groups in total. The second-order valence-electron chi connectivity index (χ2n) is 7.26. The van der Waals surface area contributed by atoms with E-state index in [4.69, 9.17) is 33.3 Å². The van der Waals surface area contributed by atoms with Crippen LogP contribution in [0.3, 0.4) is 0 Å². The summed E-state index contributed by atoms with van der Waals surface area (Å²) in [5, 5.41) is 6.98. The number of carbonyl (C=O) groups excluding carboxylic acids is 1. The minimum Gasteiger partial charge on any atom is -0.490 e. The molecule has 0 radical (unpaired) electrons. The van der Waals surface area contributed by atoms with Crippen LogP contribution in [0.15, 0.2) is 42.5 Å². The molecule has 1 heterocycles. The number of halogens is 1. The third-order valence-electron chi connectivity index (χ3n) is 4.97. The van der Waals surface area contributed by atoms with E-state index in [1.54, 1.807) is 18.2 Å². The van der Waals surface area contributed by atoms with Crippen molar-refractivity contribution in [1.82, 2.24) is 10.2 Å². The SMILES string of the molecule is COC(=O)c1cc(NC(=S)NCc2ccc(OC3CCN(C)CC3)cc2)ccc1Cl. The van der Waals surface area contributed by atoms with E-state index in [1.807, 2.05) is 24.3 Å². The summed E-state index contributed by atoms with van der Waals surface area (Å²) in [6.07, 6.45) is 2.40. The summed E-state index contributed by atoms with van der Waals surface area (Å²) in [5.41, 5.74) is 2.02. The molecule has 8 heteroatoms. The molecular weight excluding hydrogens is 422 g/mol. The summed E-state index contributed by atoms with van der Waals surface area (Å²) in [4.78, 5) is 14.1. The minimum atomic E-state index is -0.495. The molecule has 0 bridgehead atoms. The zero-order valence-corrected chi connectivity index (χ0v) is 18.7. The van der Waals surface area contributed by atoms with Crippen molar-refractivity contribution in [2.45, 2.75) is 25.5 Å². The second kappa shape index (κ2) is 10.6. The number of benzene rings is 2. The van der Waals surface area contributed by atoms with Gasteiger partial charge >= 0.3 is 5.97 Å². The molecule has 0 amide bonds. The van der Waals surface area contributed by atoms with E-state index in [1.165, 1.54) is 7.11 Å². The molecule has 1 aliphatic rings. The maximum Gasteiger partial charge on any atom is 0.339 e. The third kappa shape index (κ3) is 6.32. The summed E-state index contributed by atoms with van der Waals surface area (Å²) in [6.45, 7) is 2.72. The molecule has 0 aromatic heterocycles. The standard InChI is InChI=1S/C22H26ClN3O3S/c1-26-11-9-18(10-12-26)29-17-6-3-15(4-7-17)14-24-22(30)25-16-5-8-20(23)19(13-16)21(27)28-2/h3-8,13,18H,9-12,14H2,1-2H3,(H2,24,25,30). The number of hydrogen-bond donors (Lipinski definition) is 2. The number of rotatable bonds is 6. The lowest BCUT2D eigenvalue weighted by Crippen LogP contribution is -2.35. The third-order valence-corrected chi connectivity index (χ3v) is 5.55. The molecular formula is C22H26ClN3O3S. The Morgan fingerprint density at radius 1 is 1.20 bits per heavy atom. The first-order valence-electron chi connectivity index (χ1n) is 9.81. The van der Waals surface area contributed by atoms with Gasteiger partial charge in [0.2, 0.25) is 0 Å². The lowest BCUT2D eigenvalue weighted by Gasteiger charge is -2.29. The quantitative estimate of drug-likeness (QED) is 0.510.